The Balaban J connectivity index is 1.65. The minimum atomic E-state index is -3.15. The lowest BCUT2D eigenvalue weighted by molar-refractivity contribution is -0.117. The molecule has 0 saturated carbocycles. The molecule has 0 aromatic heterocycles. The van der Waals surface area contributed by atoms with Crippen molar-refractivity contribution in [2.45, 2.75) is 17.7 Å². The molecule has 4 rings (SSSR count). The molecular formula is C20H18Cl2N2O4S2. The number of aliphatic imine (C=N–C) groups is 1. The van der Waals surface area contributed by atoms with Crippen LogP contribution in [-0.2, 0) is 21.1 Å². The molecule has 0 spiro atoms. The van der Waals surface area contributed by atoms with E-state index in [0.29, 0.717) is 26.6 Å². The SMILES string of the molecule is COc1ccc(N2C(=NC(=O)Cc3ccc(Cl)cc3)SC3CS(=O)(=O)CC32)cc1Cl. The second kappa shape index (κ2) is 8.42. The van der Waals surface area contributed by atoms with E-state index in [1.807, 2.05) is 4.90 Å². The summed E-state index contributed by atoms with van der Waals surface area (Å²) >= 11 is 13.5. The first-order chi connectivity index (χ1) is 14.3. The molecule has 2 aromatic carbocycles. The molecule has 30 heavy (non-hydrogen) atoms. The third-order valence-electron chi connectivity index (χ3n) is 4.97. The van der Waals surface area contributed by atoms with Crippen LogP contribution in [-0.4, -0.2) is 49.4 Å². The summed E-state index contributed by atoms with van der Waals surface area (Å²) in [6, 6.07) is 11.9. The van der Waals surface area contributed by atoms with Crippen LogP contribution in [0.1, 0.15) is 5.56 Å². The van der Waals surface area contributed by atoms with Crippen molar-refractivity contribution >= 4 is 61.6 Å². The zero-order valence-electron chi connectivity index (χ0n) is 15.9. The van der Waals surface area contributed by atoms with E-state index in [9.17, 15) is 13.2 Å². The number of hydrogen-bond acceptors (Lipinski definition) is 5. The number of anilines is 1. The molecule has 2 saturated heterocycles. The number of hydrogen-bond donors (Lipinski definition) is 0. The maximum absolute atomic E-state index is 12.6. The molecule has 2 atom stereocenters. The summed E-state index contributed by atoms with van der Waals surface area (Å²) in [7, 11) is -1.62. The highest BCUT2D eigenvalue weighted by Crippen LogP contribution is 2.42. The van der Waals surface area contributed by atoms with Crippen LogP contribution in [0.25, 0.3) is 0 Å². The van der Waals surface area contributed by atoms with Gasteiger partial charge in [-0.2, -0.15) is 4.99 Å². The van der Waals surface area contributed by atoms with Crippen LogP contribution in [0.2, 0.25) is 10.0 Å². The number of rotatable bonds is 4. The first kappa shape index (κ1) is 21.5. The minimum Gasteiger partial charge on any atom is -0.495 e. The van der Waals surface area contributed by atoms with Gasteiger partial charge >= 0.3 is 0 Å². The number of amides is 1. The highest BCUT2D eigenvalue weighted by molar-refractivity contribution is 8.16. The fourth-order valence-electron chi connectivity index (χ4n) is 3.59. The van der Waals surface area contributed by atoms with Crippen LogP contribution in [0, 0.1) is 0 Å². The number of carbonyl (C=O) groups is 1. The van der Waals surface area contributed by atoms with Crippen molar-refractivity contribution in [3.05, 3.63) is 58.1 Å². The second-order valence-electron chi connectivity index (χ2n) is 7.08. The Morgan fingerprint density at radius 1 is 1.20 bits per heavy atom. The molecule has 10 heteroatoms. The van der Waals surface area contributed by atoms with Gasteiger partial charge in [-0.05, 0) is 35.9 Å². The number of nitrogens with zero attached hydrogens (tertiary/aromatic N) is 2. The van der Waals surface area contributed by atoms with Crippen molar-refractivity contribution < 1.29 is 17.9 Å². The summed E-state index contributed by atoms with van der Waals surface area (Å²) in [5.41, 5.74) is 1.48. The predicted octanol–water partition coefficient (Wildman–Crippen LogP) is 3.85. The van der Waals surface area contributed by atoms with Gasteiger partial charge in [-0.25, -0.2) is 8.42 Å². The largest absolute Gasteiger partial charge is 0.495 e. The Labute approximate surface area is 189 Å². The van der Waals surface area contributed by atoms with Crippen LogP contribution in [0.4, 0.5) is 5.69 Å². The number of thioether (sulfide) groups is 1. The number of carbonyl (C=O) groups excluding carboxylic acids is 1. The van der Waals surface area contributed by atoms with Crippen molar-refractivity contribution in [2.75, 3.05) is 23.5 Å². The molecule has 0 N–H and O–H groups in total. The molecule has 2 unspecified atom stereocenters. The predicted molar refractivity (Wildman–Crippen MR) is 122 cm³/mol. The zero-order chi connectivity index (χ0) is 21.5. The van der Waals surface area contributed by atoms with Crippen LogP contribution >= 0.6 is 35.0 Å². The van der Waals surface area contributed by atoms with Crippen molar-refractivity contribution in [2.24, 2.45) is 4.99 Å². The number of halogens is 2. The van der Waals surface area contributed by atoms with Crippen LogP contribution < -0.4 is 9.64 Å². The van der Waals surface area contributed by atoms with Crippen LogP contribution in [0.3, 0.4) is 0 Å². The number of amidine groups is 1. The van der Waals surface area contributed by atoms with Crippen molar-refractivity contribution in [3.63, 3.8) is 0 Å². The van der Waals surface area contributed by atoms with Gasteiger partial charge in [-0.15, -0.1) is 0 Å². The van der Waals surface area contributed by atoms with Crippen LogP contribution in [0.15, 0.2) is 47.5 Å². The molecular weight excluding hydrogens is 467 g/mol. The van der Waals surface area contributed by atoms with Gasteiger partial charge in [-0.1, -0.05) is 47.1 Å². The minimum absolute atomic E-state index is 0.0126. The summed E-state index contributed by atoms with van der Waals surface area (Å²) < 4.78 is 29.6. The molecule has 0 radical (unpaired) electrons. The Morgan fingerprint density at radius 3 is 2.60 bits per heavy atom. The van der Waals surface area contributed by atoms with E-state index < -0.39 is 9.84 Å². The lowest BCUT2D eigenvalue weighted by Crippen LogP contribution is -2.37. The van der Waals surface area contributed by atoms with Crippen molar-refractivity contribution in [3.8, 4) is 5.75 Å². The Bertz CT molecular complexity index is 1120. The van der Waals surface area contributed by atoms with E-state index in [-0.39, 0.29) is 35.1 Å². The summed E-state index contributed by atoms with van der Waals surface area (Å²) in [5.74, 6) is 0.277. The Morgan fingerprint density at radius 2 is 1.93 bits per heavy atom. The van der Waals surface area contributed by atoms with Gasteiger partial charge in [0.25, 0.3) is 5.91 Å². The normalized spacial score (nSPS) is 23.6. The van der Waals surface area contributed by atoms with Gasteiger partial charge in [0.2, 0.25) is 0 Å². The van der Waals surface area contributed by atoms with Crippen molar-refractivity contribution in [1.29, 1.82) is 0 Å². The second-order valence-corrected chi connectivity index (χ2v) is 11.3. The fraction of sp³-hybridized carbons (Fsp3) is 0.300. The molecule has 158 valence electrons. The summed E-state index contributed by atoms with van der Waals surface area (Å²) in [6.45, 7) is 0. The number of fused-ring (bicyclic) bond motifs is 1. The number of methoxy groups -OCH3 is 1. The van der Waals surface area contributed by atoms with E-state index in [4.69, 9.17) is 27.9 Å². The van der Waals surface area contributed by atoms with Gasteiger partial charge < -0.3 is 9.64 Å². The van der Waals surface area contributed by atoms with Crippen molar-refractivity contribution in [1.82, 2.24) is 0 Å². The van der Waals surface area contributed by atoms with E-state index >= 15 is 0 Å². The van der Waals surface area contributed by atoms with Gasteiger partial charge in [0, 0.05) is 16.0 Å². The zero-order valence-corrected chi connectivity index (χ0v) is 19.1. The molecule has 0 bridgehead atoms. The van der Waals surface area contributed by atoms with E-state index in [1.165, 1.54) is 18.9 Å². The molecule has 2 fully saturated rings. The van der Waals surface area contributed by atoms with E-state index in [0.717, 1.165) is 5.56 Å². The summed E-state index contributed by atoms with van der Waals surface area (Å²) in [6.07, 6.45) is 0.131. The molecule has 2 heterocycles. The smallest absolute Gasteiger partial charge is 0.252 e. The third kappa shape index (κ3) is 4.46. The number of sulfone groups is 1. The molecule has 6 nitrogen and oxygen atoms in total. The van der Waals surface area contributed by atoms with Gasteiger partial charge in [-0.3, -0.25) is 4.79 Å². The van der Waals surface area contributed by atoms with Gasteiger partial charge in [0.1, 0.15) is 5.75 Å². The van der Waals surface area contributed by atoms with Gasteiger partial charge in [0.15, 0.2) is 15.0 Å². The highest BCUT2D eigenvalue weighted by atomic mass is 35.5. The maximum Gasteiger partial charge on any atom is 0.252 e. The fourth-order valence-corrected chi connectivity index (χ4v) is 7.90. The highest BCUT2D eigenvalue weighted by Gasteiger charge is 2.49. The van der Waals surface area contributed by atoms with Crippen LogP contribution in [0.5, 0.6) is 5.75 Å². The number of ether oxygens (including phenoxy) is 1. The molecule has 0 aliphatic carbocycles. The topological polar surface area (TPSA) is 76.0 Å². The monoisotopic (exact) mass is 484 g/mol. The molecule has 2 aromatic rings. The Kier molecular flexibility index (Phi) is 6.03. The Hall–Kier alpha value is -1.74. The summed E-state index contributed by atoms with van der Waals surface area (Å²) in [5, 5.41) is 1.30. The first-order valence-corrected chi connectivity index (χ1v) is 12.6. The standard InChI is InChI=1S/C20H18Cl2N2O4S2/c1-28-17-7-6-14(9-15(17)22)24-16-10-30(26,27)11-18(16)29-20(24)23-19(25)8-12-2-4-13(21)5-3-12/h2-7,9,16,18H,8,10-11H2,1H3. The maximum atomic E-state index is 12.6. The van der Waals surface area contributed by atoms with Gasteiger partial charge in [0.05, 0.1) is 36.1 Å². The molecule has 2 aliphatic heterocycles. The lowest BCUT2D eigenvalue weighted by atomic mass is 10.1. The summed E-state index contributed by atoms with van der Waals surface area (Å²) in [4.78, 5) is 18.7. The molecule has 2 aliphatic rings. The average molecular weight is 485 g/mol. The first-order valence-electron chi connectivity index (χ1n) is 9.11. The average Bonchev–Trinajstić information content (AvgIpc) is 3.14. The third-order valence-corrected chi connectivity index (χ3v) is 8.73. The van der Waals surface area contributed by atoms with E-state index in [2.05, 4.69) is 4.99 Å². The quantitative estimate of drug-likeness (QED) is 0.655. The lowest BCUT2D eigenvalue weighted by Gasteiger charge is -2.25. The van der Waals surface area contributed by atoms with E-state index in [1.54, 1.807) is 42.5 Å². The number of benzene rings is 2. The molecule has 1 amide bonds.